The van der Waals surface area contributed by atoms with Crippen molar-refractivity contribution in [1.82, 2.24) is 4.98 Å². The third kappa shape index (κ3) is 2.77. The molecule has 0 amide bonds. The first-order chi connectivity index (χ1) is 6.04. The Balaban J connectivity index is 3.26. The third-order valence-corrected chi connectivity index (χ3v) is 2.57. The van der Waals surface area contributed by atoms with Crippen LogP contribution in [0.4, 0.5) is 0 Å². The number of hydrogen-bond donors (Lipinski definition) is 0. The monoisotopic (exact) mass is 277 g/mol. The summed E-state index contributed by atoms with van der Waals surface area (Å²) in [6.45, 7) is 0. The maximum atomic E-state index is 5.84. The number of alkyl halides is 4. The summed E-state index contributed by atoms with van der Waals surface area (Å²) in [6.07, 6.45) is 1.50. The maximum Gasteiger partial charge on any atom is 0.149 e. The minimum absolute atomic E-state index is 0.394. The zero-order chi connectivity index (χ0) is 10.0. The van der Waals surface area contributed by atoms with Crippen molar-refractivity contribution in [3.8, 4) is 0 Å². The second-order valence-corrected chi connectivity index (χ2v) is 4.79. The molecule has 0 fully saturated rings. The predicted octanol–water partition coefficient (Wildman–Crippen LogP) is 4.69. The largest absolute Gasteiger partial charge is 0.258 e. The summed E-state index contributed by atoms with van der Waals surface area (Å²) in [5.41, 5.74) is 0.855. The summed E-state index contributed by atoms with van der Waals surface area (Å²) < 4.78 is 0. The van der Waals surface area contributed by atoms with Crippen LogP contribution < -0.4 is 0 Å². The Hall–Kier alpha value is 0.600. The molecule has 1 aromatic rings. The number of rotatable bonds is 2. The van der Waals surface area contributed by atoms with Gasteiger partial charge in [-0.3, -0.25) is 4.98 Å². The molecule has 0 saturated carbocycles. The summed E-state index contributed by atoms with van der Waals surface area (Å²) >= 11 is 28.5. The molecule has 0 aromatic carbocycles. The van der Waals surface area contributed by atoms with Gasteiger partial charge in [0.2, 0.25) is 0 Å². The Bertz CT molecular complexity index is 299. The summed E-state index contributed by atoms with van der Waals surface area (Å²) in [7, 11) is 0. The van der Waals surface area contributed by atoms with Gasteiger partial charge in [-0.15, -0.1) is 0 Å². The van der Waals surface area contributed by atoms with Crippen molar-refractivity contribution in [3.05, 3.63) is 28.5 Å². The van der Waals surface area contributed by atoms with Gasteiger partial charge >= 0.3 is 0 Å². The fourth-order valence-electron chi connectivity index (χ4n) is 0.855. The molecule has 0 spiro atoms. The highest BCUT2D eigenvalue weighted by molar-refractivity contribution is 6.47. The lowest BCUT2D eigenvalue weighted by Gasteiger charge is -2.10. The van der Waals surface area contributed by atoms with E-state index in [0.29, 0.717) is 16.3 Å². The Morgan fingerprint density at radius 1 is 1.08 bits per heavy atom. The van der Waals surface area contributed by atoms with Crippen LogP contribution in [0.5, 0.6) is 0 Å². The van der Waals surface area contributed by atoms with Gasteiger partial charge in [-0.05, 0) is 6.07 Å². The fraction of sp³-hybridized carbons (Fsp3) is 0.286. The minimum atomic E-state index is -0.784. The average Bonchev–Trinajstić information content (AvgIpc) is 2.02. The molecule has 0 saturated heterocycles. The highest BCUT2D eigenvalue weighted by atomic mass is 35.5. The topological polar surface area (TPSA) is 12.9 Å². The van der Waals surface area contributed by atoms with Gasteiger partial charge in [0, 0.05) is 16.8 Å². The van der Waals surface area contributed by atoms with Crippen LogP contribution in [0, 0.1) is 0 Å². The van der Waals surface area contributed by atoms with Gasteiger partial charge < -0.3 is 0 Å². The van der Waals surface area contributed by atoms with Gasteiger partial charge in [0.05, 0.1) is 5.69 Å². The molecule has 0 N–H and O–H groups in total. The van der Waals surface area contributed by atoms with E-state index in [-0.39, 0.29) is 0 Å². The second kappa shape index (κ2) is 4.90. The Morgan fingerprint density at radius 2 is 1.69 bits per heavy atom. The van der Waals surface area contributed by atoms with Gasteiger partial charge in [-0.1, -0.05) is 58.0 Å². The van der Waals surface area contributed by atoms with Gasteiger partial charge in [0.15, 0.2) is 0 Å². The summed E-state index contributed by atoms with van der Waals surface area (Å²) in [6, 6.07) is 1.58. The second-order valence-electron chi connectivity index (χ2n) is 2.19. The molecular formula is C7H4Cl5N. The van der Waals surface area contributed by atoms with Crippen molar-refractivity contribution in [3.63, 3.8) is 0 Å². The SMILES string of the molecule is Clc1ccnc(C(Cl)Cl)c1C(Cl)Cl. The smallest absolute Gasteiger partial charge is 0.149 e. The van der Waals surface area contributed by atoms with Crippen LogP contribution in [-0.4, -0.2) is 4.98 Å². The first kappa shape index (κ1) is 11.7. The number of pyridine rings is 1. The molecule has 0 unspecified atom stereocenters. The van der Waals surface area contributed by atoms with Gasteiger partial charge in [-0.2, -0.15) is 0 Å². The molecule has 1 nitrogen and oxygen atoms in total. The number of halogens is 5. The normalized spacial score (nSPS) is 11.3. The number of aromatic nitrogens is 1. The molecule has 13 heavy (non-hydrogen) atoms. The summed E-state index contributed by atoms with van der Waals surface area (Å²) in [4.78, 5) is 2.38. The van der Waals surface area contributed by atoms with E-state index in [4.69, 9.17) is 58.0 Å². The van der Waals surface area contributed by atoms with E-state index in [1.54, 1.807) is 6.07 Å². The zero-order valence-electron chi connectivity index (χ0n) is 6.15. The Kier molecular flexibility index (Phi) is 4.40. The van der Waals surface area contributed by atoms with Crippen molar-refractivity contribution >= 4 is 58.0 Å². The molecule has 0 bridgehead atoms. The molecule has 1 aromatic heterocycles. The molecule has 72 valence electrons. The fourth-order valence-corrected chi connectivity index (χ4v) is 2.04. The molecule has 0 atom stereocenters. The van der Waals surface area contributed by atoms with E-state index >= 15 is 0 Å². The number of hydrogen-bond acceptors (Lipinski definition) is 1. The first-order valence-electron chi connectivity index (χ1n) is 3.24. The van der Waals surface area contributed by atoms with Crippen molar-refractivity contribution in [1.29, 1.82) is 0 Å². The standard InChI is InChI=1S/C7H4Cl5N/c8-3-1-2-13-5(7(11)12)4(3)6(9)10/h1-2,6-7H. The number of nitrogens with zero attached hydrogens (tertiary/aromatic N) is 1. The third-order valence-electron chi connectivity index (χ3n) is 1.39. The van der Waals surface area contributed by atoms with Crippen molar-refractivity contribution < 1.29 is 0 Å². The quantitative estimate of drug-likeness (QED) is 0.716. The van der Waals surface area contributed by atoms with Gasteiger partial charge in [0.25, 0.3) is 0 Å². The van der Waals surface area contributed by atoms with Gasteiger partial charge in [0.1, 0.15) is 9.67 Å². The van der Waals surface area contributed by atoms with Crippen LogP contribution in [0.2, 0.25) is 5.02 Å². The molecule has 0 aliphatic rings. The Morgan fingerprint density at radius 3 is 2.08 bits per heavy atom. The van der Waals surface area contributed by atoms with Crippen molar-refractivity contribution in [2.24, 2.45) is 0 Å². The average molecular weight is 279 g/mol. The first-order valence-corrected chi connectivity index (χ1v) is 5.37. The molecule has 0 aliphatic heterocycles. The molecule has 0 aliphatic carbocycles. The van der Waals surface area contributed by atoms with Gasteiger partial charge in [-0.25, -0.2) is 0 Å². The van der Waals surface area contributed by atoms with E-state index < -0.39 is 9.67 Å². The van der Waals surface area contributed by atoms with Crippen LogP contribution in [0.3, 0.4) is 0 Å². The minimum Gasteiger partial charge on any atom is -0.258 e. The van der Waals surface area contributed by atoms with E-state index in [1.807, 2.05) is 0 Å². The lowest BCUT2D eigenvalue weighted by atomic mass is 10.2. The molecule has 0 radical (unpaired) electrons. The summed E-state index contributed by atoms with van der Waals surface area (Å²) in [5, 5.41) is 0.409. The van der Waals surface area contributed by atoms with Crippen LogP contribution >= 0.6 is 58.0 Å². The van der Waals surface area contributed by atoms with Crippen LogP contribution in [0.1, 0.15) is 20.9 Å². The molecular weight excluding hydrogens is 275 g/mol. The lowest BCUT2D eigenvalue weighted by Crippen LogP contribution is -1.97. The summed E-state index contributed by atoms with van der Waals surface area (Å²) in [5.74, 6) is 0. The van der Waals surface area contributed by atoms with E-state index in [0.717, 1.165) is 0 Å². The highest BCUT2D eigenvalue weighted by Crippen LogP contribution is 2.38. The van der Waals surface area contributed by atoms with Crippen LogP contribution in [-0.2, 0) is 0 Å². The van der Waals surface area contributed by atoms with Crippen molar-refractivity contribution in [2.75, 3.05) is 0 Å². The zero-order valence-corrected chi connectivity index (χ0v) is 9.93. The molecule has 1 heterocycles. The predicted molar refractivity (Wildman–Crippen MR) is 58.1 cm³/mol. The lowest BCUT2D eigenvalue weighted by molar-refractivity contribution is 1.08. The highest BCUT2D eigenvalue weighted by Gasteiger charge is 2.19. The molecule has 1 rings (SSSR count). The van der Waals surface area contributed by atoms with E-state index in [2.05, 4.69) is 4.98 Å². The maximum absolute atomic E-state index is 5.84. The van der Waals surface area contributed by atoms with Crippen LogP contribution in [0.15, 0.2) is 12.3 Å². The van der Waals surface area contributed by atoms with E-state index in [9.17, 15) is 0 Å². The van der Waals surface area contributed by atoms with E-state index in [1.165, 1.54) is 6.20 Å². The molecule has 6 heteroatoms. The van der Waals surface area contributed by atoms with Crippen molar-refractivity contribution in [2.45, 2.75) is 9.67 Å². The van der Waals surface area contributed by atoms with Crippen LogP contribution in [0.25, 0.3) is 0 Å². The Labute approximate surface area is 101 Å².